The molecule has 30 heavy (non-hydrogen) atoms. The van der Waals surface area contributed by atoms with Gasteiger partial charge in [0.1, 0.15) is 0 Å². The zero-order valence-electron chi connectivity index (χ0n) is 18.8. The summed E-state index contributed by atoms with van der Waals surface area (Å²) >= 11 is 0. The van der Waals surface area contributed by atoms with Gasteiger partial charge in [0, 0.05) is 25.6 Å². The van der Waals surface area contributed by atoms with Crippen LogP contribution in [0.2, 0.25) is 0 Å². The maximum Gasteiger partial charge on any atom is 0.338 e. The number of likely N-dealkylation sites (tertiary alicyclic amines) is 1. The summed E-state index contributed by atoms with van der Waals surface area (Å²) in [5.74, 6) is 0.587. The van der Waals surface area contributed by atoms with Gasteiger partial charge in [0.25, 0.3) is 0 Å². The standard InChI is InChI=1S/C25H35NO4/c1-5-30-24(28)19-7-6-18-15-22-16(2)25(3,21(18)14-19)12-13-26(22)23(27)17-8-10-20(29-4)11-9-17/h6-7,14,16-17,20,22H,5,8-13,15H2,1-4H3/t16-,17?,20?,22-,25?/m1/s1. The Bertz CT molecular complexity index is 813. The fraction of sp³-hybridized carbons (Fsp3) is 0.680. The third-order valence-corrected chi connectivity index (χ3v) is 8.16. The number of rotatable bonds is 4. The first-order chi connectivity index (χ1) is 14.4. The molecule has 1 aromatic rings. The number of carbonyl (C=O) groups is 2. The van der Waals surface area contributed by atoms with Gasteiger partial charge < -0.3 is 14.4 Å². The average Bonchev–Trinajstić information content (AvgIpc) is 2.76. The van der Waals surface area contributed by atoms with Crippen molar-refractivity contribution in [1.82, 2.24) is 4.90 Å². The first-order valence-electron chi connectivity index (χ1n) is 11.5. The van der Waals surface area contributed by atoms with Crippen molar-refractivity contribution in [2.24, 2.45) is 11.8 Å². The van der Waals surface area contributed by atoms with Gasteiger partial charge in [-0.1, -0.05) is 19.9 Å². The van der Waals surface area contributed by atoms with Crippen molar-refractivity contribution >= 4 is 11.9 Å². The molecule has 0 radical (unpaired) electrons. The van der Waals surface area contributed by atoms with Gasteiger partial charge in [-0.25, -0.2) is 4.79 Å². The molecule has 1 aromatic carbocycles. The van der Waals surface area contributed by atoms with E-state index in [2.05, 4.69) is 24.8 Å². The predicted octanol–water partition coefficient (Wildman–Crippen LogP) is 4.12. The first kappa shape index (κ1) is 21.4. The lowest BCUT2D eigenvalue weighted by Gasteiger charge is -2.55. The van der Waals surface area contributed by atoms with E-state index in [0.29, 0.717) is 30.1 Å². The van der Waals surface area contributed by atoms with Crippen LogP contribution in [0.15, 0.2) is 18.2 Å². The number of methoxy groups -OCH3 is 1. The first-order valence-corrected chi connectivity index (χ1v) is 11.5. The van der Waals surface area contributed by atoms with E-state index >= 15 is 0 Å². The Morgan fingerprint density at radius 2 is 1.93 bits per heavy atom. The number of benzene rings is 1. The van der Waals surface area contributed by atoms with Crippen LogP contribution in [0, 0.1) is 11.8 Å². The maximum absolute atomic E-state index is 13.4. The van der Waals surface area contributed by atoms with Crippen LogP contribution in [-0.2, 0) is 26.1 Å². The van der Waals surface area contributed by atoms with Gasteiger partial charge in [0.05, 0.1) is 18.3 Å². The molecule has 1 unspecified atom stereocenters. The third-order valence-electron chi connectivity index (χ3n) is 8.16. The molecule has 1 heterocycles. The van der Waals surface area contributed by atoms with Crippen molar-refractivity contribution in [2.45, 2.75) is 76.9 Å². The molecule has 0 aromatic heterocycles. The summed E-state index contributed by atoms with van der Waals surface area (Å²) in [6.07, 6.45) is 5.96. The zero-order chi connectivity index (χ0) is 21.5. The van der Waals surface area contributed by atoms with Crippen LogP contribution in [0.5, 0.6) is 0 Å². The van der Waals surface area contributed by atoms with Crippen LogP contribution in [0.3, 0.4) is 0 Å². The van der Waals surface area contributed by atoms with Gasteiger partial charge in [-0.05, 0) is 80.0 Å². The molecule has 5 heteroatoms. The summed E-state index contributed by atoms with van der Waals surface area (Å²) in [4.78, 5) is 27.9. The number of hydrogen-bond acceptors (Lipinski definition) is 4. The summed E-state index contributed by atoms with van der Waals surface area (Å²) < 4.78 is 10.7. The Labute approximate surface area is 180 Å². The normalized spacial score (nSPS) is 33.0. The summed E-state index contributed by atoms with van der Waals surface area (Å²) in [6, 6.07) is 6.24. The molecule has 1 saturated heterocycles. The fourth-order valence-electron chi connectivity index (χ4n) is 6.01. The van der Waals surface area contributed by atoms with Crippen LogP contribution in [0.4, 0.5) is 0 Å². The molecule has 1 amide bonds. The fourth-order valence-corrected chi connectivity index (χ4v) is 6.01. The van der Waals surface area contributed by atoms with Crippen LogP contribution in [0.1, 0.15) is 74.4 Å². The van der Waals surface area contributed by atoms with Crippen LogP contribution in [0.25, 0.3) is 0 Å². The van der Waals surface area contributed by atoms with E-state index in [4.69, 9.17) is 9.47 Å². The minimum absolute atomic E-state index is 0.0226. The topological polar surface area (TPSA) is 55.8 Å². The third kappa shape index (κ3) is 3.55. The summed E-state index contributed by atoms with van der Waals surface area (Å²) in [7, 11) is 1.77. The average molecular weight is 414 g/mol. The van der Waals surface area contributed by atoms with Crippen molar-refractivity contribution in [2.75, 3.05) is 20.3 Å². The second-order valence-electron chi connectivity index (χ2n) is 9.56. The summed E-state index contributed by atoms with van der Waals surface area (Å²) in [5.41, 5.74) is 3.15. The molecular formula is C25H35NO4. The van der Waals surface area contributed by atoms with E-state index < -0.39 is 0 Å². The Balaban J connectivity index is 1.56. The SMILES string of the molecule is CCOC(=O)c1ccc2c(c1)C1(C)CCN(C(=O)C3CCC(OC)CC3)[C@H](C2)[C@H]1C. The molecule has 2 fully saturated rings. The van der Waals surface area contributed by atoms with Gasteiger partial charge in [-0.3, -0.25) is 4.79 Å². The van der Waals surface area contributed by atoms with Gasteiger partial charge in [0.15, 0.2) is 0 Å². The van der Waals surface area contributed by atoms with Crippen LogP contribution < -0.4 is 0 Å². The van der Waals surface area contributed by atoms with Crippen LogP contribution >= 0.6 is 0 Å². The lowest BCUT2D eigenvalue weighted by Crippen LogP contribution is -2.60. The maximum atomic E-state index is 13.4. The lowest BCUT2D eigenvalue weighted by molar-refractivity contribution is -0.145. The highest BCUT2D eigenvalue weighted by atomic mass is 16.5. The molecule has 3 aliphatic rings. The molecular weight excluding hydrogens is 378 g/mol. The molecule has 5 nitrogen and oxygen atoms in total. The molecule has 1 aliphatic heterocycles. The highest BCUT2D eigenvalue weighted by molar-refractivity contribution is 5.90. The van der Waals surface area contributed by atoms with Crippen LogP contribution in [-0.4, -0.2) is 49.2 Å². The van der Waals surface area contributed by atoms with Crippen molar-refractivity contribution in [1.29, 1.82) is 0 Å². The van der Waals surface area contributed by atoms with Crippen molar-refractivity contribution in [3.05, 3.63) is 34.9 Å². The van der Waals surface area contributed by atoms with Crippen molar-refractivity contribution in [3.63, 3.8) is 0 Å². The second-order valence-corrected chi connectivity index (χ2v) is 9.56. The molecule has 4 rings (SSSR count). The largest absolute Gasteiger partial charge is 0.462 e. The van der Waals surface area contributed by atoms with Crippen molar-refractivity contribution in [3.8, 4) is 0 Å². The Morgan fingerprint density at radius 1 is 1.20 bits per heavy atom. The Kier molecular flexibility index (Phi) is 5.93. The zero-order valence-corrected chi connectivity index (χ0v) is 18.8. The van der Waals surface area contributed by atoms with E-state index in [1.165, 1.54) is 11.1 Å². The highest BCUT2D eigenvalue weighted by Gasteiger charge is 2.50. The minimum Gasteiger partial charge on any atom is -0.462 e. The Morgan fingerprint density at radius 3 is 2.60 bits per heavy atom. The van der Waals surface area contributed by atoms with Gasteiger partial charge in [-0.15, -0.1) is 0 Å². The van der Waals surface area contributed by atoms with Gasteiger partial charge in [0.2, 0.25) is 5.91 Å². The molecule has 1 saturated carbocycles. The van der Waals surface area contributed by atoms with E-state index in [9.17, 15) is 9.59 Å². The summed E-state index contributed by atoms with van der Waals surface area (Å²) in [6.45, 7) is 7.61. The smallest absolute Gasteiger partial charge is 0.338 e. The number of amides is 1. The number of fused-ring (bicyclic) bond motifs is 4. The minimum atomic E-state index is -0.252. The molecule has 2 bridgehead atoms. The molecule has 2 aliphatic carbocycles. The van der Waals surface area contributed by atoms with E-state index in [-0.39, 0.29) is 23.3 Å². The van der Waals surface area contributed by atoms with Crippen molar-refractivity contribution < 1.29 is 19.1 Å². The lowest BCUT2D eigenvalue weighted by atomic mass is 9.58. The highest BCUT2D eigenvalue weighted by Crippen LogP contribution is 2.49. The molecule has 3 atom stereocenters. The van der Waals surface area contributed by atoms with E-state index in [1.54, 1.807) is 7.11 Å². The van der Waals surface area contributed by atoms with Gasteiger partial charge in [-0.2, -0.15) is 0 Å². The molecule has 0 spiro atoms. The Hall–Kier alpha value is -1.88. The van der Waals surface area contributed by atoms with E-state index in [0.717, 1.165) is 45.1 Å². The number of hydrogen-bond donors (Lipinski definition) is 0. The predicted molar refractivity (Wildman–Crippen MR) is 115 cm³/mol. The summed E-state index contributed by atoms with van der Waals surface area (Å²) in [5, 5.41) is 0. The second kappa shape index (κ2) is 8.33. The van der Waals surface area contributed by atoms with Gasteiger partial charge >= 0.3 is 5.97 Å². The molecule has 164 valence electrons. The number of piperidine rings is 1. The number of nitrogens with zero attached hydrogens (tertiary/aromatic N) is 1. The number of carbonyl (C=O) groups excluding carboxylic acids is 2. The number of ether oxygens (including phenoxy) is 2. The number of esters is 1. The quantitative estimate of drug-likeness (QED) is 0.697. The monoisotopic (exact) mass is 413 g/mol. The van der Waals surface area contributed by atoms with E-state index in [1.807, 2.05) is 19.1 Å². The molecule has 0 N–H and O–H groups in total.